The van der Waals surface area contributed by atoms with Crippen LogP contribution in [-0.2, 0) is 11.2 Å². The lowest BCUT2D eigenvalue weighted by molar-refractivity contribution is -0.138. The van der Waals surface area contributed by atoms with Crippen molar-refractivity contribution in [3.63, 3.8) is 0 Å². The fourth-order valence-electron chi connectivity index (χ4n) is 1.43. The molecule has 3 N–H and O–H groups in total. The van der Waals surface area contributed by atoms with Crippen molar-refractivity contribution in [2.75, 3.05) is 7.11 Å². The van der Waals surface area contributed by atoms with Crippen LogP contribution >= 0.6 is 0 Å². The monoisotopic (exact) mass is 209 g/mol. The van der Waals surface area contributed by atoms with Crippen molar-refractivity contribution >= 4 is 5.97 Å². The minimum atomic E-state index is -0.989. The maximum Gasteiger partial charge on any atom is 0.320 e. The molecular weight excluding hydrogens is 194 g/mol. The standard InChI is InChI=1S/C11H15NO3/c1-7-8(6-9(12)11(13)14)4-3-5-10(7)15-2/h3-5,9H,6,12H2,1-2H3,(H,13,14)/t9-/m1/s1. The van der Waals surface area contributed by atoms with Crippen molar-refractivity contribution in [2.45, 2.75) is 19.4 Å². The number of carboxylic acid groups (broad SMARTS) is 1. The first-order chi connectivity index (χ1) is 7.06. The zero-order valence-corrected chi connectivity index (χ0v) is 8.86. The molecule has 0 fully saturated rings. The molecule has 0 heterocycles. The summed E-state index contributed by atoms with van der Waals surface area (Å²) in [5.74, 6) is -0.234. The van der Waals surface area contributed by atoms with Crippen LogP contribution in [0.1, 0.15) is 11.1 Å². The van der Waals surface area contributed by atoms with E-state index >= 15 is 0 Å². The Bertz CT molecular complexity index is 363. The molecule has 0 saturated heterocycles. The highest BCUT2D eigenvalue weighted by molar-refractivity contribution is 5.73. The van der Waals surface area contributed by atoms with Gasteiger partial charge >= 0.3 is 5.97 Å². The van der Waals surface area contributed by atoms with E-state index in [4.69, 9.17) is 15.6 Å². The second kappa shape index (κ2) is 4.79. The molecule has 0 aliphatic heterocycles. The van der Waals surface area contributed by atoms with E-state index in [-0.39, 0.29) is 0 Å². The van der Waals surface area contributed by atoms with Gasteiger partial charge in [0.05, 0.1) is 7.11 Å². The number of hydrogen-bond donors (Lipinski definition) is 2. The van der Waals surface area contributed by atoms with Gasteiger partial charge in [-0.3, -0.25) is 4.79 Å². The van der Waals surface area contributed by atoms with E-state index in [1.807, 2.05) is 25.1 Å². The number of methoxy groups -OCH3 is 1. The molecule has 0 aliphatic rings. The Balaban J connectivity index is 2.90. The third-order valence-electron chi connectivity index (χ3n) is 2.37. The van der Waals surface area contributed by atoms with Gasteiger partial charge in [0, 0.05) is 0 Å². The summed E-state index contributed by atoms with van der Waals surface area (Å²) in [7, 11) is 1.59. The molecule has 0 spiro atoms. The van der Waals surface area contributed by atoms with Gasteiger partial charge in [-0.1, -0.05) is 12.1 Å². The highest BCUT2D eigenvalue weighted by Crippen LogP contribution is 2.21. The lowest BCUT2D eigenvalue weighted by atomic mass is 10.0. The van der Waals surface area contributed by atoms with E-state index in [0.717, 1.165) is 16.9 Å². The van der Waals surface area contributed by atoms with Crippen molar-refractivity contribution < 1.29 is 14.6 Å². The van der Waals surface area contributed by atoms with E-state index in [9.17, 15) is 4.79 Å². The minimum Gasteiger partial charge on any atom is -0.496 e. The lowest BCUT2D eigenvalue weighted by Gasteiger charge is -2.12. The minimum absolute atomic E-state index is 0.318. The Morgan fingerprint density at radius 1 is 1.60 bits per heavy atom. The Morgan fingerprint density at radius 2 is 2.27 bits per heavy atom. The third kappa shape index (κ3) is 2.70. The van der Waals surface area contributed by atoms with E-state index < -0.39 is 12.0 Å². The lowest BCUT2D eigenvalue weighted by Crippen LogP contribution is -2.32. The van der Waals surface area contributed by atoms with E-state index in [1.54, 1.807) is 7.11 Å². The van der Waals surface area contributed by atoms with Crippen LogP contribution in [0.5, 0.6) is 5.75 Å². The van der Waals surface area contributed by atoms with Crippen LogP contribution in [0.4, 0.5) is 0 Å². The molecule has 0 saturated carbocycles. The summed E-state index contributed by atoms with van der Waals surface area (Å²) in [5.41, 5.74) is 7.32. The van der Waals surface area contributed by atoms with Gasteiger partial charge in [-0.2, -0.15) is 0 Å². The summed E-state index contributed by atoms with van der Waals surface area (Å²) in [6, 6.07) is 4.66. The summed E-state index contributed by atoms with van der Waals surface area (Å²) < 4.78 is 5.14. The number of carboxylic acids is 1. The van der Waals surface area contributed by atoms with Crippen LogP contribution in [0.3, 0.4) is 0 Å². The average molecular weight is 209 g/mol. The van der Waals surface area contributed by atoms with Gasteiger partial charge in [-0.15, -0.1) is 0 Å². The first-order valence-corrected chi connectivity index (χ1v) is 4.67. The Morgan fingerprint density at radius 3 is 2.80 bits per heavy atom. The van der Waals surface area contributed by atoms with Crippen LogP contribution in [0.25, 0.3) is 0 Å². The number of benzene rings is 1. The molecule has 82 valence electrons. The second-order valence-electron chi connectivity index (χ2n) is 3.39. The molecule has 0 unspecified atom stereocenters. The fraction of sp³-hybridized carbons (Fsp3) is 0.364. The van der Waals surface area contributed by atoms with E-state index in [0.29, 0.717) is 6.42 Å². The van der Waals surface area contributed by atoms with Crippen molar-refractivity contribution in [2.24, 2.45) is 5.73 Å². The first kappa shape index (κ1) is 11.5. The van der Waals surface area contributed by atoms with Gasteiger partial charge in [0.25, 0.3) is 0 Å². The number of aliphatic carboxylic acids is 1. The topological polar surface area (TPSA) is 72.5 Å². The van der Waals surface area contributed by atoms with Gasteiger partial charge in [0.2, 0.25) is 0 Å². The first-order valence-electron chi connectivity index (χ1n) is 4.67. The average Bonchev–Trinajstić information content (AvgIpc) is 2.21. The molecule has 1 rings (SSSR count). The Hall–Kier alpha value is -1.55. The molecule has 4 heteroatoms. The van der Waals surface area contributed by atoms with Crippen molar-refractivity contribution in [3.8, 4) is 5.75 Å². The molecule has 0 bridgehead atoms. The van der Waals surface area contributed by atoms with Crippen LogP contribution < -0.4 is 10.5 Å². The van der Waals surface area contributed by atoms with E-state index in [2.05, 4.69) is 0 Å². The largest absolute Gasteiger partial charge is 0.496 e. The number of hydrogen-bond acceptors (Lipinski definition) is 3. The molecule has 0 amide bonds. The molecule has 4 nitrogen and oxygen atoms in total. The molecule has 0 aromatic heterocycles. The zero-order chi connectivity index (χ0) is 11.4. The molecule has 1 atom stereocenters. The summed E-state index contributed by atoms with van der Waals surface area (Å²) >= 11 is 0. The molecule has 15 heavy (non-hydrogen) atoms. The maximum absolute atomic E-state index is 10.6. The predicted molar refractivity (Wildman–Crippen MR) is 57.0 cm³/mol. The van der Waals surface area contributed by atoms with Gasteiger partial charge in [0.1, 0.15) is 11.8 Å². The SMILES string of the molecule is COc1cccc(C[C@@H](N)C(=O)O)c1C. The second-order valence-corrected chi connectivity index (χ2v) is 3.39. The number of ether oxygens (including phenoxy) is 1. The van der Waals surface area contributed by atoms with Gasteiger partial charge in [-0.25, -0.2) is 0 Å². The van der Waals surface area contributed by atoms with E-state index in [1.165, 1.54) is 0 Å². The molecular formula is C11H15NO3. The van der Waals surface area contributed by atoms with Crippen LogP contribution in [0, 0.1) is 6.92 Å². The van der Waals surface area contributed by atoms with Crippen LogP contribution in [0.15, 0.2) is 18.2 Å². The summed E-state index contributed by atoms with van der Waals surface area (Å²) in [4.78, 5) is 10.6. The van der Waals surface area contributed by atoms with Crippen LogP contribution in [0.2, 0.25) is 0 Å². The van der Waals surface area contributed by atoms with Gasteiger partial charge in [0.15, 0.2) is 0 Å². The molecule has 1 aromatic carbocycles. The van der Waals surface area contributed by atoms with Crippen molar-refractivity contribution in [1.82, 2.24) is 0 Å². The molecule has 1 aromatic rings. The van der Waals surface area contributed by atoms with Crippen LogP contribution in [-0.4, -0.2) is 24.2 Å². The fourth-order valence-corrected chi connectivity index (χ4v) is 1.43. The molecule has 0 radical (unpaired) electrons. The molecule has 0 aliphatic carbocycles. The highest BCUT2D eigenvalue weighted by Gasteiger charge is 2.14. The van der Waals surface area contributed by atoms with Crippen molar-refractivity contribution in [3.05, 3.63) is 29.3 Å². The zero-order valence-electron chi connectivity index (χ0n) is 8.86. The van der Waals surface area contributed by atoms with Gasteiger partial charge in [-0.05, 0) is 30.5 Å². The summed E-state index contributed by atoms with van der Waals surface area (Å²) in [6.45, 7) is 1.89. The number of carbonyl (C=O) groups is 1. The smallest absolute Gasteiger partial charge is 0.320 e. The van der Waals surface area contributed by atoms with Crippen molar-refractivity contribution in [1.29, 1.82) is 0 Å². The maximum atomic E-state index is 10.6. The predicted octanol–water partition coefficient (Wildman–Crippen LogP) is 0.958. The number of rotatable bonds is 4. The Labute approximate surface area is 88.7 Å². The highest BCUT2D eigenvalue weighted by atomic mass is 16.5. The number of nitrogens with two attached hydrogens (primary N) is 1. The quantitative estimate of drug-likeness (QED) is 0.774. The Kier molecular flexibility index (Phi) is 3.68. The summed E-state index contributed by atoms with van der Waals surface area (Å²) in [5, 5.41) is 8.70. The normalized spacial score (nSPS) is 12.2. The summed E-state index contributed by atoms with van der Waals surface area (Å²) in [6.07, 6.45) is 0.318. The third-order valence-corrected chi connectivity index (χ3v) is 2.37. The van der Waals surface area contributed by atoms with Gasteiger partial charge < -0.3 is 15.6 Å².